The van der Waals surface area contributed by atoms with Gasteiger partial charge in [-0.15, -0.1) is 0 Å². The number of unbranched alkanes of at least 4 members (excludes halogenated alkanes) is 3. The van der Waals surface area contributed by atoms with Crippen molar-refractivity contribution < 1.29 is 68.1 Å². The van der Waals surface area contributed by atoms with E-state index in [4.69, 9.17) is 29.4 Å². The van der Waals surface area contributed by atoms with E-state index in [1.807, 2.05) is 66.9 Å². The minimum Gasteiger partial charge on any atom is -0.496 e. The Labute approximate surface area is 516 Å². The van der Waals surface area contributed by atoms with E-state index in [-0.39, 0.29) is 74.6 Å². The fourth-order valence-electron chi connectivity index (χ4n) is 11.8. The van der Waals surface area contributed by atoms with Crippen molar-refractivity contribution >= 4 is 58.1 Å². The third kappa shape index (κ3) is 15.6. The monoisotopic (exact) mass is 1220 g/mol. The van der Waals surface area contributed by atoms with Crippen molar-refractivity contribution in [2.45, 2.75) is 134 Å². The number of hydrogen-bond donors (Lipinski definition) is 7. The number of rotatable bonds is 26. The van der Waals surface area contributed by atoms with Gasteiger partial charge in [-0.1, -0.05) is 80.1 Å². The number of aryl methyl sites for hydroxylation is 1. The van der Waals surface area contributed by atoms with Crippen LogP contribution in [-0.4, -0.2) is 164 Å². The fourth-order valence-corrected chi connectivity index (χ4v) is 11.8. The number of nitrogens with zero attached hydrogens (tertiary/aromatic N) is 6. The molecule has 6 aromatic rings. The molecule has 4 aliphatic rings. The number of nitrogens with one attached hydrogen (secondary N) is 2. The zero-order valence-corrected chi connectivity index (χ0v) is 50.1. The van der Waals surface area contributed by atoms with Gasteiger partial charge in [-0.3, -0.25) is 19.3 Å². The molecule has 8 N–H and O–H groups in total. The molecule has 4 aromatic carbocycles. The van der Waals surface area contributed by atoms with Gasteiger partial charge in [-0.05, 0) is 90.4 Å². The molecule has 2 aromatic heterocycles. The van der Waals surface area contributed by atoms with Crippen molar-refractivity contribution in [1.82, 2.24) is 29.7 Å². The van der Waals surface area contributed by atoms with Gasteiger partial charge >= 0.3 is 12.1 Å². The van der Waals surface area contributed by atoms with E-state index in [1.165, 1.54) is 6.07 Å². The molecule has 3 fully saturated rings. The van der Waals surface area contributed by atoms with E-state index in [0.29, 0.717) is 82.2 Å². The van der Waals surface area contributed by atoms with Crippen molar-refractivity contribution in [2.75, 3.05) is 68.9 Å². The number of likely N-dealkylation sites (tertiary alicyclic amines) is 1. The number of aliphatic hydroxyl groups is 3. The summed E-state index contributed by atoms with van der Waals surface area (Å²) in [5.41, 5.74) is 13.4. The van der Waals surface area contributed by atoms with Gasteiger partial charge in [0.15, 0.2) is 11.9 Å². The van der Waals surface area contributed by atoms with Gasteiger partial charge in [0.25, 0.3) is 0 Å². The van der Waals surface area contributed by atoms with E-state index in [0.717, 1.165) is 76.1 Å². The molecule has 6 heterocycles. The number of aromatic nitrogens is 3. The molecule has 0 unspecified atom stereocenters. The smallest absolute Gasteiger partial charge is 0.410 e. The van der Waals surface area contributed by atoms with Crippen LogP contribution in [0.4, 0.5) is 22.2 Å². The molecule has 23 nitrogen and oxygen atoms in total. The number of morpholine rings is 1. The number of nitrogen functional groups attached to an aromatic ring is 1. The van der Waals surface area contributed by atoms with Gasteiger partial charge in [0.1, 0.15) is 53.3 Å². The van der Waals surface area contributed by atoms with Crippen LogP contribution in [0.1, 0.15) is 104 Å². The molecule has 23 heteroatoms. The van der Waals surface area contributed by atoms with Gasteiger partial charge in [-0.25, -0.2) is 14.6 Å². The minimum absolute atomic E-state index is 0.00539. The summed E-state index contributed by atoms with van der Waals surface area (Å²) in [5, 5.41) is 47.5. The van der Waals surface area contributed by atoms with Crippen LogP contribution in [0.5, 0.6) is 11.5 Å². The van der Waals surface area contributed by atoms with Crippen LogP contribution < -0.4 is 30.7 Å². The molecule has 0 saturated carbocycles. The van der Waals surface area contributed by atoms with E-state index >= 15 is 0 Å². The Bertz CT molecular complexity index is 3600. The zero-order valence-electron chi connectivity index (χ0n) is 50.1. The number of methoxy groups -OCH3 is 1. The first-order valence-corrected chi connectivity index (χ1v) is 30.4. The van der Waals surface area contributed by atoms with E-state index in [2.05, 4.69) is 61.0 Å². The van der Waals surface area contributed by atoms with Crippen LogP contribution in [0.25, 0.3) is 11.0 Å². The number of carbonyl (C=O) groups is 5. The number of hydrogen-bond acceptors (Lipinski definition) is 18. The maximum absolute atomic E-state index is 13.7. The molecule has 0 bridgehead atoms. The summed E-state index contributed by atoms with van der Waals surface area (Å²) in [5.74, 6) is 6.05. The molecule has 0 radical (unpaired) electrons. The molecule has 3 saturated heterocycles. The van der Waals surface area contributed by atoms with Gasteiger partial charge in [0, 0.05) is 87.8 Å². The number of ether oxygens (including phenoxy) is 5. The largest absolute Gasteiger partial charge is 0.496 e. The van der Waals surface area contributed by atoms with Gasteiger partial charge in [0.2, 0.25) is 24.1 Å². The van der Waals surface area contributed by atoms with Crippen LogP contribution in [-0.2, 0) is 66.1 Å². The van der Waals surface area contributed by atoms with Crippen LogP contribution in [0.15, 0.2) is 97.2 Å². The van der Waals surface area contributed by atoms with Crippen LogP contribution in [0.2, 0.25) is 0 Å². The molecule has 0 aliphatic carbocycles. The highest BCUT2D eigenvalue weighted by atomic mass is 16.7. The Morgan fingerprint density at radius 1 is 0.787 bits per heavy atom. The average Bonchev–Trinajstić information content (AvgIpc) is 2.95. The number of anilines is 3. The second-order valence-corrected chi connectivity index (χ2v) is 23.1. The Morgan fingerprint density at radius 3 is 2.37 bits per heavy atom. The lowest BCUT2D eigenvalue weighted by atomic mass is 9.91. The normalized spacial score (nSPS) is 19.4. The van der Waals surface area contributed by atoms with Crippen molar-refractivity contribution in [3.05, 3.63) is 136 Å². The molecule has 470 valence electrons. The molecule has 10 rings (SSSR count). The third-order valence-electron chi connectivity index (χ3n) is 16.5. The summed E-state index contributed by atoms with van der Waals surface area (Å²) in [6.07, 6.45) is -3.30. The zero-order chi connectivity index (χ0) is 62.6. The topological polar surface area (TPSA) is 303 Å². The minimum atomic E-state index is -1.94. The lowest BCUT2D eigenvalue weighted by molar-refractivity contribution is -0.271. The molecule has 3 amide bonds. The first-order chi connectivity index (χ1) is 43.1. The maximum atomic E-state index is 13.7. The van der Waals surface area contributed by atoms with Crippen molar-refractivity contribution in [3.63, 3.8) is 0 Å². The second kappa shape index (κ2) is 29.1. The lowest BCUT2D eigenvalue weighted by Gasteiger charge is -2.53. The highest BCUT2D eigenvalue weighted by molar-refractivity contribution is 5.95. The molecule has 89 heavy (non-hydrogen) atoms. The number of aliphatic hydroxyl groups excluding tert-OH is 3. The third-order valence-corrected chi connectivity index (χ3v) is 16.5. The number of para-hydroxylation sites is 1. The standard InChI is InChI=1S/C66H77N9O14/c1-3-4-11-28-69-61-56-50(70-64(67)71-61)27-30-73(56)36-48-20-18-42(34-53(48)85-2)35-72-39-66(40-72)41-74(31-32-87-66)65(84)86-38-43-19-25-52(88-63-59(81)57(79)58(80)60(89-63)62(82)83)46(33-43)23-24-49(76)26-29-68-54(77)16-9-10-17-55(78)75-37-47-14-6-5-12-44(47)21-22-45-13-7-8-15-51(45)75/h5-8,12-15,18-20,25,27,30,33-34,57-60,63,79-81H,3-4,9-11,16-17,23-24,26,28-29,31-32,35-41H2,1-2H3,(H,68,77)(H,82,83)(H3,67,69,70,71)/t57-,58-,59+,60-,63+/m0/s1. The number of ketones is 1. The quantitative estimate of drug-likeness (QED) is 0.0254. The SMILES string of the molecule is CCCCCNc1nc(N)nc2ccn(Cc3ccc(CN4CC5(C4)CN(C(=O)OCc4ccc(O[C@@H]6O[C@H](C(=O)O)[C@@H](O)[C@H](O)[C@H]6O)c(CCC(=O)CCNC(=O)CCCCC(=O)N6Cc7ccccc7C#Cc7ccccc76)c4)CCO5)cc3OC)c12. The number of amides is 3. The number of carbonyl (C=O) groups excluding carboxylic acids is 4. The summed E-state index contributed by atoms with van der Waals surface area (Å²) >= 11 is 0. The molecular weight excluding hydrogens is 1140 g/mol. The second-order valence-electron chi connectivity index (χ2n) is 23.1. The number of carboxylic acid groups (broad SMARTS) is 1. The predicted octanol–water partition coefficient (Wildman–Crippen LogP) is 5.68. The summed E-state index contributed by atoms with van der Waals surface area (Å²) in [4.78, 5) is 80.1. The Balaban J connectivity index is 0.702. The first-order valence-electron chi connectivity index (χ1n) is 30.4. The van der Waals surface area contributed by atoms with Crippen molar-refractivity contribution in [1.29, 1.82) is 0 Å². The summed E-state index contributed by atoms with van der Waals surface area (Å²) in [7, 11) is 1.66. The van der Waals surface area contributed by atoms with Gasteiger partial charge in [0.05, 0.1) is 44.6 Å². The number of fused-ring (bicyclic) bond motifs is 3. The van der Waals surface area contributed by atoms with Crippen molar-refractivity contribution in [3.8, 4) is 23.3 Å². The van der Waals surface area contributed by atoms with Crippen LogP contribution >= 0.6 is 0 Å². The Morgan fingerprint density at radius 2 is 1.56 bits per heavy atom. The summed E-state index contributed by atoms with van der Waals surface area (Å²) in [6.45, 7) is 6.48. The molecular formula is C66H77N9O14. The van der Waals surface area contributed by atoms with Gasteiger partial charge in [-0.2, -0.15) is 4.98 Å². The van der Waals surface area contributed by atoms with Crippen LogP contribution in [0.3, 0.4) is 0 Å². The molecule has 4 aliphatic heterocycles. The lowest BCUT2D eigenvalue weighted by Crippen LogP contribution is -2.70. The Hall–Kier alpha value is -8.63. The number of benzene rings is 4. The Kier molecular flexibility index (Phi) is 20.7. The maximum Gasteiger partial charge on any atom is 0.410 e. The first kappa shape index (κ1) is 63.4. The van der Waals surface area contributed by atoms with E-state index in [9.17, 15) is 44.4 Å². The average molecular weight is 1220 g/mol. The summed E-state index contributed by atoms with van der Waals surface area (Å²) < 4.78 is 31.5. The molecule has 1 spiro atoms. The highest BCUT2D eigenvalue weighted by Gasteiger charge is 2.49. The predicted molar refractivity (Wildman–Crippen MR) is 329 cm³/mol. The number of nitrogens with two attached hydrogens (primary N) is 1. The number of aliphatic carboxylic acids is 1. The van der Waals surface area contributed by atoms with E-state index in [1.54, 1.807) is 29.0 Å². The van der Waals surface area contributed by atoms with Crippen molar-refractivity contribution in [2.24, 2.45) is 0 Å². The van der Waals surface area contributed by atoms with Crippen LogP contribution in [0, 0.1) is 11.8 Å². The molecule has 5 atom stereocenters. The number of carboxylic acids is 1. The summed E-state index contributed by atoms with van der Waals surface area (Å²) in [6, 6.07) is 28.2. The number of Topliss-reactive ketones (excluding diaryl/α,β-unsaturated/α-hetero) is 1. The van der Waals surface area contributed by atoms with E-state index < -0.39 is 48.4 Å². The fraction of sp³-hybridized carbons (Fsp3) is 0.439. The van der Waals surface area contributed by atoms with Gasteiger partial charge < -0.3 is 74.8 Å². The highest BCUT2D eigenvalue weighted by Crippen LogP contribution is 2.35.